The number of benzene rings is 6. The molecule has 0 unspecified atom stereocenters. The zero-order valence-corrected chi connectivity index (χ0v) is 24.5. The Hall–Kier alpha value is -6.58. The summed E-state index contributed by atoms with van der Waals surface area (Å²) in [5.41, 5.74) is 8.33. The molecule has 0 bridgehead atoms. The molecule has 2 heterocycles. The van der Waals surface area contributed by atoms with Crippen molar-refractivity contribution in [3.05, 3.63) is 151 Å². The first-order valence-electron chi connectivity index (χ1n) is 14.9. The molecule has 8 aromatic rings. The van der Waals surface area contributed by atoms with Crippen molar-refractivity contribution in [3.8, 4) is 62.7 Å². The van der Waals surface area contributed by atoms with Crippen molar-refractivity contribution >= 4 is 21.8 Å². The van der Waals surface area contributed by atoms with E-state index in [2.05, 4.69) is 42.5 Å². The summed E-state index contributed by atoms with van der Waals surface area (Å²) in [5.74, 6) is 1.84. The summed E-state index contributed by atoms with van der Waals surface area (Å²) in [6.45, 7) is 0. The van der Waals surface area contributed by atoms with Gasteiger partial charge in [-0.25, -0.2) is 24.9 Å². The Morgan fingerprint density at radius 2 is 0.826 bits per heavy atom. The van der Waals surface area contributed by atoms with E-state index >= 15 is 0 Å². The number of rotatable bonds is 5. The van der Waals surface area contributed by atoms with Crippen molar-refractivity contribution in [2.75, 3.05) is 0 Å². The van der Waals surface area contributed by atoms with Gasteiger partial charge in [0.25, 0.3) is 0 Å². The van der Waals surface area contributed by atoms with Crippen LogP contribution >= 0.6 is 0 Å². The molecule has 0 amide bonds. The van der Waals surface area contributed by atoms with Gasteiger partial charge in [0.1, 0.15) is 0 Å². The van der Waals surface area contributed by atoms with Crippen LogP contribution in [0.2, 0.25) is 0 Å². The fraction of sp³-hybridized carbons (Fsp3) is 0. The van der Waals surface area contributed by atoms with Crippen LogP contribution < -0.4 is 0 Å². The maximum Gasteiger partial charge on any atom is 0.164 e. The van der Waals surface area contributed by atoms with Crippen LogP contribution in [0.4, 0.5) is 0 Å². The van der Waals surface area contributed by atoms with Crippen molar-refractivity contribution < 1.29 is 0 Å². The zero-order chi connectivity index (χ0) is 30.9. The topological polar surface area (TPSA) is 88.2 Å². The maximum atomic E-state index is 9.33. The molecule has 0 aliphatic rings. The molecule has 0 N–H and O–H groups in total. The smallest absolute Gasteiger partial charge is 0.164 e. The van der Waals surface area contributed by atoms with Crippen molar-refractivity contribution in [3.63, 3.8) is 0 Å². The first-order chi connectivity index (χ1) is 22.7. The lowest BCUT2D eigenvalue weighted by molar-refractivity contribution is 1.07. The fourth-order valence-corrected chi connectivity index (χ4v) is 5.58. The van der Waals surface area contributed by atoms with Gasteiger partial charge in [-0.05, 0) is 47.2 Å². The van der Waals surface area contributed by atoms with E-state index in [1.807, 2.05) is 109 Å². The third-order valence-corrected chi connectivity index (χ3v) is 7.93. The second-order valence-corrected chi connectivity index (χ2v) is 10.9. The molecule has 0 aliphatic carbocycles. The third kappa shape index (κ3) is 5.12. The molecule has 214 valence electrons. The van der Waals surface area contributed by atoms with E-state index in [4.69, 9.17) is 24.9 Å². The Labute approximate surface area is 265 Å². The van der Waals surface area contributed by atoms with Gasteiger partial charge in [0, 0.05) is 27.8 Å². The number of fused-ring (bicyclic) bond motifs is 2. The summed E-state index contributed by atoms with van der Waals surface area (Å²) >= 11 is 0. The average Bonchev–Trinajstić information content (AvgIpc) is 3.14. The van der Waals surface area contributed by atoms with Crippen LogP contribution in [0.25, 0.3) is 78.5 Å². The summed E-state index contributed by atoms with van der Waals surface area (Å²) < 4.78 is 0. The maximum absolute atomic E-state index is 9.33. The molecule has 8 rings (SSSR count). The number of hydrogen-bond acceptors (Lipinski definition) is 6. The van der Waals surface area contributed by atoms with E-state index < -0.39 is 0 Å². The van der Waals surface area contributed by atoms with Crippen LogP contribution in [-0.2, 0) is 0 Å². The standard InChI is InChI=1S/C40H24N6/c41-25-26-15-17-28(18-16-26)36-37(43-35-14-8-7-13-34(35)42-36)31-21-19-27-20-22-32(24-33(27)23-31)40-45-38(29-9-3-1-4-10-29)44-39(46-40)30-11-5-2-6-12-30/h1-24H. The van der Waals surface area contributed by atoms with Gasteiger partial charge in [-0.15, -0.1) is 0 Å². The van der Waals surface area contributed by atoms with E-state index in [1.165, 1.54) is 0 Å². The molecule has 6 nitrogen and oxygen atoms in total. The van der Waals surface area contributed by atoms with E-state index in [0.717, 1.165) is 61.0 Å². The second kappa shape index (κ2) is 11.5. The first-order valence-corrected chi connectivity index (χ1v) is 14.9. The van der Waals surface area contributed by atoms with Gasteiger partial charge >= 0.3 is 0 Å². The largest absolute Gasteiger partial charge is 0.244 e. The third-order valence-electron chi connectivity index (χ3n) is 7.93. The summed E-state index contributed by atoms with van der Waals surface area (Å²) in [6, 6.07) is 50.1. The Balaban J connectivity index is 1.28. The van der Waals surface area contributed by atoms with Gasteiger partial charge in [0.2, 0.25) is 0 Å². The summed E-state index contributed by atoms with van der Waals surface area (Å²) in [7, 11) is 0. The summed E-state index contributed by atoms with van der Waals surface area (Å²) in [5, 5.41) is 11.4. The van der Waals surface area contributed by atoms with Gasteiger partial charge in [-0.2, -0.15) is 5.26 Å². The minimum absolute atomic E-state index is 0.599. The van der Waals surface area contributed by atoms with Gasteiger partial charge in [-0.1, -0.05) is 109 Å². The number of nitriles is 1. The predicted octanol–water partition coefficient (Wildman–Crippen LogP) is 9.17. The van der Waals surface area contributed by atoms with Gasteiger partial charge in [0.15, 0.2) is 17.5 Å². The first kappa shape index (κ1) is 27.0. The predicted molar refractivity (Wildman–Crippen MR) is 182 cm³/mol. The number of hydrogen-bond donors (Lipinski definition) is 0. The highest BCUT2D eigenvalue weighted by Crippen LogP contribution is 2.34. The molecule has 0 radical (unpaired) electrons. The van der Waals surface area contributed by atoms with Gasteiger partial charge in [-0.3, -0.25) is 0 Å². The summed E-state index contributed by atoms with van der Waals surface area (Å²) in [4.78, 5) is 24.8. The highest BCUT2D eigenvalue weighted by atomic mass is 15.0. The molecule has 0 saturated carbocycles. The van der Waals surface area contributed by atoms with Crippen molar-refractivity contribution in [2.24, 2.45) is 0 Å². The Bertz CT molecular complexity index is 2360. The summed E-state index contributed by atoms with van der Waals surface area (Å²) in [6.07, 6.45) is 0. The van der Waals surface area contributed by atoms with Crippen molar-refractivity contribution in [1.29, 1.82) is 5.26 Å². The van der Waals surface area contributed by atoms with Crippen LogP contribution in [0.5, 0.6) is 0 Å². The second-order valence-electron chi connectivity index (χ2n) is 10.9. The molecule has 0 spiro atoms. The van der Waals surface area contributed by atoms with Gasteiger partial charge < -0.3 is 0 Å². The Morgan fingerprint density at radius 3 is 1.39 bits per heavy atom. The highest BCUT2D eigenvalue weighted by Gasteiger charge is 2.16. The van der Waals surface area contributed by atoms with Crippen LogP contribution in [0.15, 0.2) is 146 Å². The minimum Gasteiger partial charge on any atom is -0.244 e. The molecule has 2 aromatic heterocycles. The van der Waals surface area contributed by atoms with E-state index in [-0.39, 0.29) is 0 Å². The molecule has 0 saturated heterocycles. The molecule has 6 aromatic carbocycles. The van der Waals surface area contributed by atoms with Crippen LogP contribution in [-0.4, -0.2) is 24.9 Å². The lowest BCUT2D eigenvalue weighted by Crippen LogP contribution is -2.00. The average molecular weight is 589 g/mol. The van der Waals surface area contributed by atoms with E-state index in [0.29, 0.717) is 23.0 Å². The molecule has 0 atom stereocenters. The fourth-order valence-electron chi connectivity index (χ4n) is 5.58. The lowest BCUT2D eigenvalue weighted by Gasteiger charge is -2.12. The number of aromatic nitrogens is 5. The number of para-hydroxylation sites is 2. The normalized spacial score (nSPS) is 11.0. The van der Waals surface area contributed by atoms with Crippen molar-refractivity contribution in [1.82, 2.24) is 24.9 Å². The van der Waals surface area contributed by atoms with Gasteiger partial charge in [0.05, 0.1) is 34.1 Å². The minimum atomic E-state index is 0.599. The molecular formula is C40H24N6. The molecular weight excluding hydrogens is 564 g/mol. The molecule has 6 heteroatoms. The molecule has 46 heavy (non-hydrogen) atoms. The number of nitrogens with zero attached hydrogens (tertiary/aromatic N) is 6. The SMILES string of the molecule is N#Cc1ccc(-c2nc3ccccc3nc2-c2ccc3ccc(-c4nc(-c5ccccc5)nc(-c5ccccc5)n4)cc3c2)cc1. The quantitative estimate of drug-likeness (QED) is 0.199. The van der Waals surface area contributed by atoms with E-state index in [9.17, 15) is 5.26 Å². The van der Waals surface area contributed by atoms with Crippen LogP contribution in [0, 0.1) is 11.3 Å². The molecule has 0 aliphatic heterocycles. The monoisotopic (exact) mass is 588 g/mol. The van der Waals surface area contributed by atoms with Crippen LogP contribution in [0.3, 0.4) is 0 Å². The molecule has 0 fully saturated rings. The lowest BCUT2D eigenvalue weighted by atomic mass is 9.99. The Morgan fingerprint density at radius 1 is 0.370 bits per heavy atom. The zero-order valence-electron chi connectivity index (χ0n) is 24.5. The highest BCUT2D eigenvalue weighted by molar-refractivity contribution is 5.93. The van der Waals surface area contributed by atoms with E-state index in [1.54, 1.807) is 0 Å². The van der Waals surface area contributed by atoms with Crippen molar-refractivity contribution in [2.45, 2.75) is 0 Å². The Kier molecular flexibility index (Phi) is 6.75. The van der Waals surface area contributed by atoms with Crippen LogP contribution in [0.1, 0.15) is 5.56 Å².